The maximum Gasteiger partial charge on any atom is 0.147 e. The van der Waals surface area contributed by atoms with Gasteiger partial charge in [-0.3, -0.25) is 0 Å². The van der Waals surface area contributed by atoms with Crippen LogP contribution in [0.15, 0.2) is 54.7 Å². The zero-order valence-corrected chi connectivity index (χ0v) is 15.1. The Morgan fingerprint density at radius 1 is 0.964 bits per heavy atom. The van der Waals surface area contributed by atoms with E-state index in [1.807, 2.05) is 11.0 Å². The summed E-state index contributed by atoms with van der Waals surface area (Å²) < 4.78 is 38.8. The molecular formula is C21H19F2N3O2. The standard InChI is InChI=1S/C21H19F2N3O2/c22-15-2-4-16(5-3-15)28-17-12-18(21(24)25-13-17)14-1-6-20(19(23)11-14)26-7-9-27-10-8-26/h1-6,11-13H,7-10H2,(H2,24,25). The number of nitrogen functional groups attached to an aromatic ring is 1. The fraction of sp³-hybridized carbons (Fsp3) is 0.190. The van der Waals surface area contributed by atoms with Gasteiger partial charge in [0.25, 0.3) is 0 Å². The normalized spacial score (nSPS) is 14.1. The topological polar surface area (TPSA) is 60.6 Å². The lowest BCUT2D eigenvalue weighted by Gasteiger charge is -2.29. The van der Waals surface area contributed by atoms with Gasteiger partial charge in [-0.25, -0.2) is 13.8 Å². The van der Waals surface area contributed by atoms with E-state index in [-0.39, 0.29) is 17.5 Å². The summed E-state index contributed by atoms with van der Waals surface area (Å²) in [4.78, 5) is 6.10. The van der Waals surface area contributed by atoms with Gasteiger partial charge in [-0.1, -0.05) is 6.07 Å². The number of hydrogen-bond donors (Lipinski definition) is 1. The van der Waals surface area contributed by atoms with Crippen molar-refractivity contribution in [1.29, 1.82) is 0 Å². The molecule has 1 fully saturated rings. The summed E-state index contributed by atoms with van der Waals surface area (Å²) in [5.41, 5.74) is 7.70. The minimum absolute atomic E-state index is 0.268. The van der Waals surface area contributed by atoms with E-state index in [1.165, 1.54) is 36.5 Å². The number of anilines is 2. The second-order valence-electron chi connectivity index (χ2n) is 6.43. The van der Waals surface area contributed by atoms with E-state index in [4.69, 9.17) is 15.2 Å². The Morgan fingerprint density at radius 3 is 2.43 bits per heavy atom. The first-order chi connectivity index (χ1) is 13.6. The van der Waals surface area contributed by atoms with E-state index >= 15 is 0 Å². The van der Waals surface area contributed by atoms with Gasteiger partial charge in [-0.15, -0.1) is 0 Å². The summed E-state index contributed by atoms with van der Waals surface area (Å²) in [5, 5.41) is 0. The van der Waals surface area contributed by atoms with Crippen LogP contribution in [0.2, 0.25) is 0 Å². The van der Waals surface area contributed by atoms with Gasteiger partial charge < -0.3 is 20.1 Å². The van der Waals surface area contributed by atoms with Gasteiger partial charge in [-0.2, -0.15) is 0 Å². The van der Waals surface area contributed by atoms with Crippen molar-refractivity contribution in [2.24, 2.45) is 0 Å². The molecule has 0 bridgehead atoms. The number of morpholine rings is 1. The number of pyridine rings is 1. The van der Waals surface area contributed by atoms with Crippen LogP contribution in [-0.4, -0.2) is 31.3 Å². The lowest BCUT2D eigenvalue weighted by atomic mass is 10.1. The van der Waals surface area contributed by atoms with Crippen LogP contribution in [0.4, 0.5) is 20.3 Å². The molecule has 7 heteroatoms. The van der Waals surface area contributed by atoms with Crippen LogP contribution >= 0.6 is 0 Å². The van der Waals surface area contributed by atoms with Crippen molar-refractivity contribution in [3.05, 3.63) is 66.4 Å². The van der Waals surface area contributed by atoms with Crippen LogP contribution in [0, 0.1) is 11.6 Å². The zero-order chi connectivity index (χ0) is 19.5. The number of halogens is 2. The summed E-state index contributed by atoms with van der Waals surface area (Å²) >= 11 is 0. The molecule has 0 unspecified atom stereocenters. The van der Waals surface area contributed by atoms with E-state index in [0.29, 0.717) is 54.6 Å². The Balaban J connectivity index is 1.61. The highest BCUT2D eigenvalue weighted by molar-refractivity contribution is 5.76. The first-order valence-electron chi connectivity index (χ1n) is 8.92. The summed E-state index contributed by atoms with van der Waals surface area (Å²) in [7, 11) is 0. The molecule has 1 saturated heterocycles. The minimum atomic E-state index is -0.348. The fourth-order valence-electron chi connectivity index (χ4n) is 3.12. The van der Waals surface area contributed by atoms with Gasteiger partial charge in [0.2, 0.25) is 0 Å². The Morgan fingerprint density at radius 2 is 1.71 bits per heavy atom. The van der Waals surface area contributed by atoms with Crippen molar-refractivity contribution in [3.8, 4) is 22.6 Å². The van der Waals surface area contributed by atoms with Gasteiger partial charge in [-0.05, 0) is 48.0 Å². The van der Waals surface area contributed by atoms with E-state index in [9.17, 15) is 8.78 Å². The molecule has 0 saturated carbocycles. The number of nitrogens with zero attached hydrogens (tertiary/aromatic N) is 2. The monoisotopic (exact) mass is 383 g/mol. The molecule has 1 aliphatic rings. The molecule has 2 heterocycles. The van der Waals surface area contributed by atoms with Crippen LogP contribution in [0.25, 0.3) is 11.1 Å². The minimum Gasteiger partial charge on any atom is -0.456 e. The lowest BCUT2D eigenvalue weighted by molar-refractivity contribution is 0.122. The van der Waals surface area contributed by atoms with Crippen molar-refractivity contribution in [1.82, 2.24) is 4.98 Å². The largest absolute Gasteiger partial charge is 0.456 e. The summed E-state index contributed by atoms with van der Waals surface area (Å²) in [6.45, 7) is 2.48. The smallest absolute Gasteiger partial charge is 0.147 e. The Labute approximate surface area is 161 Å². The SMILES string of the molecule is Nc1ncc(Oc2ccc(F)cc2)cc1-c1ccc(N2CCOCC2)c(F)c1. The first kappa shape index (κ1) is 18.2. The third kappa shape index (κ3) is 3.89. The molecule has 2 aromatic carbocycles. The molecule has 0 radical (unpaired) electrons. The summed E-state index contributed by atoms with van der Waals surface area (Å²) in [6.07, 6.45) is 1.47. The maximum absolute atomic E-state index is 14.7. The lowest BCUT2D eigenvalue weighted by Crippen LogP contribution is -2.36. The number of aromatic nitrogens is 1. The maximum atomic E-state index is 14.7. The Kier molecular flexibility index (Phi) is 5.08. The zero-order valence-electron chi connectivity index (χ0n) is 15.1. The number of nitrogens with two attached hydrogens (primary N) is 1. The van der Waals surface area contributed by atoms with Crippen molar-refractivity contribution >= 4 is 11.5 Å². The van der Waals surface area contributed by atoms with Crippen molar-refractivity contribution < 1.29 is 18.3 Å². The quantitative estimate of drug-likeness (QED) is 0.730. The van der Waals surface area contributed by atoms with Crippen LogP contribution in [0.3, 0.4) is 0 Å². The van der Waals surface area contributed by atoms with Crippen LogP contribution in [0.1, 0.15) is 0 Å². The van der Waals surface area contributed by atoms with Gasteiger partial charge >= 0.3 is 0 Å². The average Bonchev–Trinajstić information content (AvgIpc) is 2.72. The van der Waals surface area contributed by atoms with Gasteiger partial charge in [0.05, 0.1) is 25.1 Å². The number of ether oxygens (including phenoxy) is 2. The first-order valence-corrected chi connectivity index (χ1v) is 8.92. The van der Waals surface area contributed by atoms with E-state index in [0.717, 1.165) is 0 Å². The molecular weight excluding hydrogens is 364 g/mol. The number of benzene rings is 2. The molecule has 0 spiro atoms. The van der Waals surface area contributed by atoms with Crippen molar-refractivity contribution in [2.45, 2.75) is 0 Å². The summed E-state index contributed by atoms with van der Waals surface area (Å²) in [6, 6.07) is 12.3. The van der Waals surface area contributed by atoms with E-state index in [2.05, 4.69) is 4.98 Å². The highest BCUT2D eigenvalue weighted by Gasteiger charge is 2.16. The van der Waals surface area contributed by atoms with E-state index < -0.39 is 0 Å². The highest BCUT2D eigenvalue weighted by Crippen LogP contribution is 2.33. The van der Waals surface area contributed by atoms with Crippen LogP contribution in [-0.2, 0) is 4.74 Å². The predicted molar refractivity (Wildman–Crippen MR) is 104 cm³/mol. The molecule has 1 aliphatic heterocycles. The predicted octanol–water partition coefficient (Wildman–Crippen LogP) is 4.24. The highest BCUT2D eigenvalue weighted by atomic mass is 19.1. The molecule has 0 aliphatic carbocycles. The Bertz CT molecular complexity index is 974. The third-order valence-corrected chi connectivity index (χ3v) is 4.55. The van der Waals surface area contributed by atoms with E-state index in [1.54, 1.807) is 12.1 Å². The van der Waals surface area contributed by atoms with Crippen LogP contribution in [0.5, 0.6) is 11.5 Å². The van der Waals surface area contributed by atoms with Gasteiger partial charge in [0, 0.05) is 18.7 Å². The molecule has 4 rings (SSSR count). The molecule has 3 aromatic rings. The van der Waals surface area contributed by atoms with Crippen molar-refractivity contribution in [2.75, 3.05) is 36.9 Å². The molecule has 0 atom stereocenters. The molecule has 144 valence electrons. The molecule has 0 amide bonds. The second kappa shape index (κ2) is 7.82. The fourth-order valence-corrected chi connectivity index (χ4v) is 3.12. The van der Waals surface area contributed by atoms with Crippen molar-refractivity contribution in [3.63, 3.8) is 0 Å². The molecule has 5 nitrogen and oxygen atoms in total. The Hall–Kier alpha value is -3.19. The number of hydrogen-bond acceptors (Lipinski definition) is 5. The van der Waals surface area contributed by atoms with Gasteiger partial charge in [0.1, 0.15) is 29.0 Å². The average molecular weight is 383 g/mol. The van der Waals surface area contributed by atoms with Gasteiger partial charge in [0.15, 0.2) is 0 Å². The molecule has 1 aromatic heterocycles. The van der Waals surface area contributed by atoms with Crippen LogP contribution < -0.4 is 15.4 Å². The second-order valence-corrected chi connectivity index (χ2v) is 6.43. The third-order valence-electron chi connectivity index (χ3n) is 4.55. The number of rotatable bonds is 4. The molecule has 28 heavy (non-hydrogen) atoms. The molecule has 2 N–H and O–H groups in total. The summed E-state index contributed by atoms with van der Waals surface area (Å²) in [5.74, 6) is 0.481.